The highest BCUT2D eigenvalue weighted by Crippen LogP contribution is 2.31. The molecule has 1 saturated heterocycles. The SMILES string of the molecule is CCOCCNC(=NC)N1CCN(c2cccc(C(F)(F)F)c2)CC1. The molecule has 1 aromatic carbocycles. The number of nitrogens with one attached hydrogen (secondary N) is 1. The van der Waals surface area contributed by atoms with E-state index in [1.54, 1.807) is 13.1 Å². The number of ether oxygens (including phenoxy) is 1. The van der Waals surface area contributed by atoms with Crippen LogP contribution in [-0.2, 0) is 10.9 Å². The van der Waals surface area contributed by atoms with E-state index in [0.29, 0.717) is 51.6 Å². The topological polar surface area (TPSA) is 40.1 Å². The van der Waals surface area contributed by atoms with Crippen molar-refractivity contribution in [2.45, 2.75) is 13.1 Å². The molecular weight excluding hydrogens is 333 g/mol. The third-order valence-corrected chi connectivity index (χ3v) is 4.06. The van der Waals surface area contributed by atoms with Gasteiger partial charge in [0.15, 0.2) is 5.96 Å². The number of halogens is 3. The maximum atomic E-state index is 12.9. The van der Waals surface area contributed by atoms with Crippen molar-refractivity contribution in [2.24, 2.45) is 4.99 Å². The summed E-state index contributed by atoms with van der Waals surface area (Å²) in [6.45, 7) is 6.60. The molecule has 5 nitrogen and oxygen atoms in total. The number of anilines is 1. The van der Waals surface area contributed by atoms with Gasteiger partial charge in [0.1, 0.15) is 0 Å². The molecule has 1 heterocycles. The number of alkyl halides is 3. The molecule has 1 fully saturated rings. The van der Waals surface area contributed by atoms with Crippen LogP contribution in [0.2, 0.25) is 0 Å². The molecule has 1 N–H and O–H groups in total. The van der Waals surface area contributed by atoms with Gasteiger partial charge in [0.25, 0.3) is 0 Å². The molecule has 1 aliphatic rings. The Morgan fingerprint density at radius 2 is 1.96 bits per heavy atom. The van der Waals surface area contributed by atoms with Crippen LogP contribution in [-0.4, -0.2) is 63.8 Å². The second kappa shape index (κ2) is 8.94. The predicted octanol–water partition coefficient (Wildman–Crippen LogP) is 2.44. The van der Waals surface area contributed by atoms with Crippen LogP contribution in [0.5, 0.6) is 0 Å². The third-order valence-electron chi connectivity index (χ3n) is 4.06. The van der Waals surface area contributed by atoms with E-state index in [2.05, 4.69) is 15.2 Å². The van der Waals surface area contributed by atoms with Gasteiger partial charge in [-0.1, -0.05) is 6.07 Å². The molecule has 8 heteroatoms. The van der Waals surface area contributed by atoms with Crippen molar-refractivity contribution in [3.63, 3.8) is 0 Å². The molecule has 0 amide bonds. The first-order valence-electron chi connectivity index (χ1n) is 8.41. The van der Waals surface area contributed by atoms with Gasteiger partial charge < -0.3 is 19.9 Å². The summed E-state index contributed by atoms with van der Waals surface area (Å²) in [5.74, 6) is 0.795. The normalized spacial score (nSPS) is 16.3. The van der Waals surface area contributed by atoms with E-state index >= 15 is 0 Å². The third kappa shape index (κ3) is 5.52. The minimum Gasteiger partial charge on any atom is -0.380 e. The van der Waals surface area contributed by atoms with Crippen LogP contribution < -0.4 is 10.2 Å². The largest absolute Gasteiger partial charge is 0.416 e. The zero-order valence-corrected chi connectivity index (χ0v) is 14.6. The summed E-state index contributed by atoms with van der Waals surface area (Å²) in [5.41, 5.74) is -0.00500. The summed E-state index contributed by atoms with van der Waals surface area (Å²) in [4.78, 5) is 8.34. The number of aliphatic imine (C=N–C) groups is 1. The first kappa shape index (κ1) is 19.4. The Kier molecular flexibility index (Phi) is 6.92. The quantitative estimate of drug-likeness (QED) is 0.499. The van der Waals surface area contributed by atoms with Gasteiger partial charge in [0.05, 0.1) is 12.2 Å². The van der Waals surface area contributed by atoms with E-state index in [9.17, 15) is 13.2 Å². The lowest BCUT2D eigenvalue weighted by molar-refractivity contribution is -0.137. The van der Waals surface area contributed by atoms with E-state index in [1.165, 1.54) is 12.1 Å². The summed E-state index contributed by atoms with van der Waals surface area (Å²) >= 11 is 0. The zero-order valence-electron chi connectivity index (χ0n) is 14.6. The summed E-state index contributed by atoms with van der Waals surface area (Å²) in [6, 6.07) is 5.49. The standard InChI is InChI=1S/C17H25F3N4O/c1-3-25-12-7-22-16(21-2)24-10-8-23(9-11-24)15-6-4-5-14(13-15)17(18,19)20/h4-6,13H,3,7-12H2,1-2H3,(H,21,22). The summed E-state index contributed by atoms with van der Waals surface area (Å²) in [6.07, 6.45) is -4.32. The van der Waals surface area contributed by atoms with Crippen LogP contribution >= 0.6 is 0 Å². The number of rotatable bonds is 5. The summed E-state index contributed by atoms with van der Waals surface area (Å²) in [7, 11) is 1.72. The van der Waals surface area contributed by atoms with Gasteiger partial charge in [-0.2, -0.15) is 13.2 Å². The molecule has 0 radical (unpaired) electrons. The van der Waals surface area contributed by atoms with E-state index in [-0.39, 0.29) is 0 Å². The highest BCUT2D eigenvalue weighted by Gasteiger charge is 2.31. The van der Waals surface area contributed by atoms with Gasteiger partial charge >= 0.3 is 6.18 Å². The number of piperazine rings is 1. The minimum atomic E-state index is -4.32. The van der Waals surface area contributed by atoms with Crippen LogP contribution in [0.15, 0.2) is 29.3 Å². The average molecular weight is 358 g/mol. The lowest BCUT2D eigenvalue weighted by Gasteiger charge is -2.37. The van der Waals surface area contributed by atoms with Crippen molar-refractivity contribution < 1.29 is 17.9 Å². The minimum absolute atomic E-state index is 0.605. The summed E-state index contributed by atoms with van der Waals surface area (Å²) in [5, 5.41) is 3.24. The van der Waals surface area contributed by atoms with Gasteiger partial charge in [-0.05, 0) is 25.1 Å². The van der Waals surface area contributed by atoms with Crippen LogP contribution in [0.25, 0.3) is 0 Å². The molecule has 1 aliphatic heterocycles. The molecule has 0 spiro atoms. The fourth-order valence-electron chi connectivity index (χ4n) is 2.77. The highest BCUT2D eigenvalue weighted by molar-refractivity contribution is 5.80. The lowest BCUT2D eigenvalue weighted by atomic mass is 10.1. The molecule has 0 bridgehead atoms. The summed E-state index contributed by atoms with van der Waals surface area (Å²) < 4.78 is 43.9. The number of benzene rings is 1. The second-order valence-corrected chi connectivity index (χ2v) is 5.69. The molecule has 0 aromatic heterocycles. The molecule has 0 atom stereocenters. The Bertz CT molecular complexity index is 569. The molecule has 2 rings (SSSR count). The maximum absolute atomic E-state index is 12.9. The Morgan fingerprint density at radius 3 is 2.56 bits per heavy atom. The second-order valence-electron chi connectivity index (χ2n) is 5.69. The van der Waals surface area contributed by atoms with Crippen molar-refractivity contribution in [3.05, 3.63) is 29.8 Å². The number of hydrogen-bond acceptors (Lipinski definition) is 3. The molecule has 0 aliphatic carbocycles. The smallest absolute Gasteiger partial charge is 0.380 e. The molecule has 25 heavy (non-hydrogen) atoms. The van der Waals surface area contributed by atoms with E-state index in [4.69, 9.17) is 4.74 Å². The average Bonchev–Trinajstić information content (AvgIpc) is 2.61. The Hall–Kier alpha value is -1.96. The van der Waals surface area contributed by atoms with Crippen LogP contribution in [0.4, 0.5) is 18.9 Å². The Balaban J connectivity index is 1.90. The van der Waals surface area contributed by atoms with E-state index in [1.807, 2.05) is 11.8 Å². The van der Waals surface area contributed by atoms with Crippen LogP contribution in [0, 0.1) is 0 Å². The zero-order chi connectivity index (χ0) is 18.3. The molecule has 140 valence electrons. The predicted molar refractivity (Wildman–Crippen MR) is 93.1 cm³/mol. The van der Waals surface area contributed by atoms with E-state index < -0.39 is 11.7 Å². The number of guanidine groups is 1. The lowest BCUT2D eigenvalue weighted by Crippen LogP contribution is -2.53. The van der Waals surface area contributed by atoms with Gasteiger partial charge in [0.2, 0.25) is 0 Å². The molecule has 0 saturated carbocycles. The van der Waals surface area contributed by atoms with Gasteiger partial charge in [-0.3, -0.25) is 4.99 Å². The van der Waals surface area contributed by atoms with Crippen molar-refractivity contribution in [1.82, 2.24) is 10.2 Å². The Morgan fingerprint density at radius 1 is 1.24 bits per heavy atom. The van der Waals surface area contributed by atoms with Gasteiger partial charge in [0, 0.05) is 52.1 Å². The Labute approximate surface area is 146 Å². The molecular formula is C17H25F3N4O. The highest BCUT2D eigenvalue weighted by atomic mass is 19.4. The maximum Gasteiger partial charge on any atom is 0.416 e. The van der Waals surface area contributed by atoms with Crippen molar-refractivity contribution >= 4 is 11.6 Å². The van der Waals surface area contributed by atoms with Crippen molar-refractivity contribution in [1.29, 1.82) is 0 Å². The van der Waals surface area contributed by atoms with Crippen molar-refractivity contribution in [2.75, 3.05) is 57.9 Å². The van der Waals surface area contributed by atoms with E-state index in [0.717, 1.165) is 12.0 Å². The van der Waals surface area contributed by atoms with Crippen LogP contribution in [0.3, 0.4) is 0 Å². The number of nitrogens with zero attached hydrogens (tertiary/aromatic N) is 3. The van der Waals surface area contributed by atoms with Crippen LogP contribution in [0.1, 0.15) is 12.5 Å². The number of hydrogen-bond donors (Lipinski definition) is 1. The van der Waals surface area contributed by atoms with Gasteiger partial charge in [-0.25, -0.2) is 0 Å². The first-order chi connectivity index (χ1) is 12.0. The van der Waals surface area contributed by atoms with Crippen molar-refractivity contribution in [3.8, 4) is 0 Å². The molecule has 0 unspecified atom stereocenters. The first-order valence-corrected chi connectivity index (χ1v) is 8.41. The molecule has 1 aromatic rings. The fraction of sp³-hybridized carbons (Fsp3) is 0.588. The fourth-order valence-corrected chi connectivity index (χ4v) is 2.77. The monoisotopic (exact) mass is 358 g/mol. The van der Waals surface area contributed by atoms with Gasteiger partial charge in [-0.15, -0.1) is 0 Å².